The molecule has 1 saturated carbocycles. The zero-order chi connectivity index (χ0) is 21.2. The number of hydrogen-bond donors (Lipinski definition) is 1. The maximum absolute atomic E-state index is 13.7. The Morgan fingerprint density at radius 2 is 1.90 bits per heavy atom. The predicted octanol–water partition coefficient (Wildman–Crippen LogP) is 4.33. The summed E-state index contributed by atoms with van der Waals surface area (Å²) >= 11 is 0. The van der Waals surface area contributed by atoms with Crippen molar-refractivity contribution < 1.29 is 9.53 Å². The third-order valence-corrected chi connectivity index (χ3v) is 6.28. The molecule has 7 nitrogen and oxygen atoms in total. The summed E-state index contributed by atoms with van der Waals surface area (Å²) in [5.41, 5.74) is 4.62. The summed E-state index contributed by atoms with van der Waals surface area (Å²) in [6.07, 6.45) is 10.7. The van der Waals surface area contributed by atoms with Crippen molar-refractivity contribution in [2.75, 3.05) is 17.3 Å². The molecule has 7 heteroatoms. The molecular weight excluding hydrogens is 390 g/mol. The number of carbonyl (C=O) groups is 1. The highest BCUT2D eigenvalue weighted by molar-refractivity contribution is 6.00. The zero-order valence-corrected chi connectivity index (χ0v) is 17.5. The third-order valence-electron chi connectivity index (χ3n) is 6.28. The van der Waals surface area contributed by atoms with Crippen LogP contribution in [0, 0.1) is 5.92 Å². The SMILES string of the molecule is COC1CCC(C(=O)N2Cc3cccnc3Nc3ccc(-c4cncnc4)cc32)CC1. The summed E-state index contributed by atoms with van der Waals surface area (Å²) < 4.78 is 5.50. The molecule has 5 rings (SSSR count). The Kier molecular flexibility index (Phi) is 5.34. The van der Waals surface area contributed by atoms with Crippen molar-refractivity contribution in [1.82, 2.24) is 15.0 Å². The van der Waals surface area contributed by atoms with E-state index in [1.165, 1.54) is 6.33 Å². The number of anilines is 3. The number of fused-ring (bicyclic) bond motifs is 2. The molecule has 1 aliphatic carbocycles. The number of ether oxygens (including phenoxy) is 1. The number of benzene rings is 1. The molecule has 31 heavy (non-hydrogen) atoms. The zero-order valence-electron chi connectivity index (χ0n) is 17.5. The Morgan fingerprint density at radius 1 is 1.10 bits per heavy atom. The van der Waals surface area contributed by atoms with Gasteiger partial charge < -0.3 is 15.0 Å². The van der Waals surface area contributed by atoms with Crippen LogP contribution < -0.4 is 10.2 Å². The van der Waals surface area contributed by atoms with Gasteiger partial charge in [-0.2, -0.15) is 0 Å². The van der Waals surface area contributed by atoms with Crippen LogP contribution in [-0.4, -0.2) is 34.1 Å². The molecule has 1 aromatic carbocycles. The lowest BCUT2D eigenvalue weighted by molar-refractivity contribution is -0.124. The van der Waals surface area contributed by atoms with Crippen molar-refractivity contribution in [3.63, 3.8) is 0 Å². The predicted molar refractivity (Wildman–Crippen MR) is 119 cm³/mol. The Balaban J connectivity index is 1.54. The van der Waals surface area contributed by atoms with E-state index in [0.717, 1.165) is 59.6 Å². The van der Waals surface area contributed by atoms with E-state index in [4.69, 9.17) is 4.74 Å². The average molecular weight is 415 g/mol. The van der Waals surface area contributed by atoms with E-state index in [0.29, 0.717) is 6.54 Å². The van der Waals surface area contributed by atoms with Crippen LogP contribution in [0.15, 0.2) is 55.2 Å². The van der Waals surface area contributed by atoms with E-state index in [-0.39, 0.29) is 17.9 Å². The van der Waals surface area contributed by atoms with Gasteiger partial charge in [0.2, 0.25) is 5.91 Å². The number of nitrogens with zero attached hydrogens (tertiary/aromatic N) is 4. The highest BCUT2D eigenvalue weighted by atomic mass is 16.5. The maximum Gasteiger partial charge on any atom is 0.230 e. The van der Waals surface area contributed by atoms with Gasteiger partial charge in [0.25, 0.3) is 0 Å². The van der Waals surface area contributed by atoms with E-state index < -0.39 is 0 Å². The van der Waals surface area contributed by atoms with Crippen molar-refractivity contribution in [1.29, 1.82) is 0 Å². The Morgan fingerprint density at radius 3 is 2.68 bits per heavy atom. The second kappa shape index (κ2) is 8.43. The van der Waals surface area contributed by atoms with Crippen LogP contribution in [0.25, 0.3) is 11.1 Å². The fourth-order valence-corrected chi connectivity index (χ4v) is 4.51. The van der Waals surface area contributed by atoms with Crippen LogP contribution in [0.4, 0.5) is 17.2 Å². The molecule has 1 aliphatic heterocycles. The molecule has 2 aliphatic rings. The monoisotopic (exact) mass is 415 g/mol. The van der Waals surface area contributed by atoms with Crippen LogP contribution in [0.1, 0.15) is 31.2 Å². The van der Waals surface area contributed by atoms with Crippen LogP contribution in [0.5, 0.6) is 0 Å². The number of rotatable bonds is 3. The van der Waals surface area contributed by atoms with Gasteiger partial charge in [-0.3, -0.25) is 4.79 Å². The minimum atomic E-state index is 0.00110. The van der Waals surface area contributed by atoms with E-state index in [2.05, 4.69) is 20.3 Å². The average Bonchev–Trinajstić information content (AvgIpc) is 3.00. The normalized spacial score (nSPS) is 20.2. The molecule has 1 N–H and O–H groups in total. The first-order valence-corrected chi connectivity index (χ1v) is 10.7. The van der Waals surface area contributed by atoms with Gasteiger partial charge in [-0.15, -0.1) is 0 Å². The quantitative estimate of drug-likeness (QED) is 0.686. The second-order valence-electron chi connectivity index (χ2n) is 8.13. The molecule has 3 heterocycles. The molecule has 0 unspecified atom stereocenters. The number of pyridine rings is 1. The van der Waals surface area contributed by atoms with Gasteiger partial charge in [-0.05, 0) is 49.4 Å². The van der Waals surface area contributed by atoms with Gasteiger partial charge in [0.1, 0.15) is 12.1 Å². The Labute approximate surface area is 181 Å². The summed E-state index contributed by atoms with van der Waals surface area (Å²) in [5, 5.41) is 3.43. The summed E-state index contributed by atoms with van der Waals surface area (Å²) in [7, 11) is 1.75. The molecule has 0 radical (unpaired) electrons. The molecule has 1 fully saturated rings. The van der Waals surface area contributed by atoms with Crippen LogP contribution >= 0.6 is 0 Å². The largest absolute Gasteiger partial charge is 0.381 e. The lowest BCUT2D eigenvalue weighted by Gasteiger charge is -2.32. The summed E-state index contributed by atoms with van der Waals surface area (Å²) in [4.78, 5) is 28.4. The molecule has 0 saturated heterocycles. The van der Waals surface area contributed by atoms with Crippen molar-refractivity contribution in [3.8, 4) is 11.1 Å². The van der Waals surface area contributed by atoms with Crippen LogP contribution in [-0.2, 0) is 16.1 Å². The minimum absolute atomic E-state index is 0.00110. The maximum atomic E-state index is 13.7. The number of aromatic nitrogens is 3. The van der Waals surface area contributed by atoms with Gasteiger partial charge in [0, 0.05) is 42.7 Å². The van der Waals surface area contributed by atoms with Crippen LogP contribution in [0.2, 0.25) is 0 Å². The summed E-state index contributed by atoms with van der Waals surface area (Å²) in [6.45, 7) is 0.487. The van der Waals surface area contributed by atoms with Crippen molar-refractivity contribution in [2.24, 2.45) is 5.92 Å². The van der Waals surface area contributed by atoms with Crippen molar-refractivity contribution >= 4 is 23.1 Å². The summed E-state index contributed by atoms with van der Waals surface area (Å²) in [5.74, 6) is 0.954. The van der Waals surface area contributed by atoms with Gasteiger partial charge in [0.15, 0.2) is 0 Å². The molecule has 0 bridgehead atoms. The Bertz CT molecular complexity index is 1080. The van der Waals surface area contributed by atoms with Crippen molar-refractivity contribution in [2.45, 2.75) is 38.3 Å². The molecule has 0 atom stereocenters. The lowest BCUT2D eigenvalue weighted by Crippen LogP contribution is -2.38. The number of carbonyl (C=O) groups excluding carboxylic acids is 1. The van der Waals surface area contributed by atoms with Gasteiger partial charge in [-0.25, -0.2) is 15.0 Å². The highest BCUT2D eigenvalue weighted by Gasteiger charge is 2.33. The first-order chi connectivity index (χ1) is 15.2. The fourth-order valence-electron chi connectivity index (χ4n) is 4.51. The number of methoxy groups -OCH3 is 1. The standard InChI is InChI=1S/C24H25N5O2/c1-31-20-7-4-16(5-8-20)24(30)29-14-18-3-2-10-27-23(18)28-21-9-6-17(11-22(21)29)19-12-25-15-26-13-19/h2-3,6,9-13,15-16,20H,4-5,7-8,14H2,1H3,(H,27,28). The molecular formula is C24H25N5O2. The highest BCUT2D eigenvalue weighted by Crippen LogP contribution is 2.39. The molecule has 0 spiro atoms. The number of hydrogen-bond acceptors (Lipinski definition) is 6. The number of amides is 1. The molecule has 2 aromatic heterocycles. The van der Waals surface area contributed by atoms with Crippen molar-refractivity contribution in [3.05, 3.63) is 60.8 Å². The van der Waals surface area contributed by atoms with Gasteiger partial charge >= 0.3 is 0 Å². The van der Waals surface area contributed by atoms with E-state index in [1.807, 2.05) is 35.2 Å². The third kappa shape index (κ3) is 3.88. The van der Waals surface area contributed by atoms with E-state index in [1.54, 1.807) is 25.7 Å². The first-order valence-electron chi connectivity index (χ1n) is 10.7. The molecule has 1 amide bonds. The molecule has 158 valence electrons. The smallest absolute Gasteiger partial charge is 0.230 e. The first kappa shape index (κ1) is 19.6. The molecule has 3 aromatic rings. The topological polar surface area (TPSA) is 80.2 Å². The Hall–Kier alpha value is -3.32. The van der Waals surface area contributed by atoms with E-state index >= 15 is 0 Å². The van der Waals surface area contributed by atoms with Gasteiger partial charge in [-0.1, -0.05) is 12.1 Å². The van der Waals surface area contributed by atoms with Gasteiger partial charge in [0.05, 0.1) is 24.0 Å². The van der Waals surface area contributed by atoms with Crippen LogP contribution in [0.3, 0.4) is 0 Å². The summed E-state index contributed by atoms with van der Waals surface area (Å²) in [6, 6.07) is 10.0. The van der Waals surface area contributed by atoms with E-state index in [9.17, 15) is 4.79 Å². The fraction of sp³-hybridized carbons (Fsp3) is 0.333. The lowest BCUT2D eigenvalue weighted by atomic mass is 9.86. The number of nitrogens with one attached hydrogen (secondary N) is 1. The second-order valence-corrected chi connectivity index (χ2v) is 8.13. The minimum Gasteiger partial charge on any atom is -0.381 e.